The first-order valence-corrected chi connectivity index (χ1v) is 14.3. The van der Waals surface area contributed by atoms with E-state index >= 15 is 0 Å². The van der Waals surface area contributed by atoms with Crippen molar-refractivity contribution in [3.8, 4) is 17.0 Å². The van der Waals surface area contributed by atoms with Crippen LogP contribution in [0.2, 0.25) is 5.02 Å². The third kappa shape index (κ3) is 7.34. The Bertz CT molecular complexity index is 1540. The van der Waals surface area contributed by atoms with Crippen LogP contribution in [0.15, 0.2) is 36.5 Å². The molecule has 0 aliphatic carbocycles. The molecule has 0 radical (unpaired) electrons. The van der Waals surface area contributed by atoms with Crippen molar-refractivity contribution in [2.75, 3.05) is 59.2 Å². The van der Waals surface area contributed by atoms with Gasteiger partial charge < -0.3 is 34.4 Å². The summed E-state index contributed by atoms with van der Waals surface area (Å²) in [4.78, 5) is 48.0. The molecule has 11 nitrogen and oxygen atoms in total. The van der Waals surface area contributed by atoms with Crippen molar-refractivity contribution in [1.29, 1.82) is 0 Å². The topological polar surface area (TPSA) is 120 Å². The lowest BCUT2D eigenvalue weighted by atomic mass is 10.1. The first-order chi connectivity index (χ1) is 20.9. The summed E-state index contributed by atoms with van der Waals surface area (Å²) in [6.45, 7) is 1.99. The number of halogens is 3. The minimum Gasteiger partial charge on any atom is -0.494 e. The van der Waals surface area contributed by atoms with Crippen LogP contribution in [0.4, 0.5) is 14.5 Å². The van der Waals surface area contributed by atoms with Crippen LogP contribution in [-0.4, -0.2) is 107 Å². The quantitative estimate of drug-likeness (QED) is 0.352. The van der Waals surface area contributed by atoms with E-state index in [1.54, 1.807) is 9.80 Å². The number of ether oxygens (including phenoxy) is 1. The molecule has 2 aromatic carbocycles. The van der Waals surface area contributed by atoms with Gasteiger partial charge in [-0.15, -0.1) is 0 Å². The van der Waals surface area contributed by atoms with Gasteiger partial charge in [-0.2, -0.15) is 4.39 Å². The zero-order chi connectivity index (χ0) is 32.1. The number of aliphatic hydroxyl groups excluding tert-OH is 1. The fourth-order valence-electron chi connectivity index (χ4n) is 4.88. The summed E-state index contributed by atoms with van der Waals surface area (Å²) in [5.41, 5.74) is 0.618. The summed E-state index contributed by atoms with van der Waals surface area (Å²) in [7, 11) is 6.52. The van der Waals surface area contributed by atoms with Gasteiger partial charge in [0.05, 0.1) is 42.1 Å². The zero-order valence-corrected chi connectivity index (χ0v) is 25.7. The van der Waals surface area contributed by atoms with Crippen LogP contribution in [0.1, 0.15) is 33.8 Å². The van der Waals surface area contributed by atoms with Gasteiger partial charge in [0.1, 0.15) is 0 Å². The van der Waals surface area contributed by atoms with Crippen molar-refractivity contribution in [2.24, 2.45) is 7.05 Å². The largest absolute Gasteiger partial charge is 0.494 e. The van der Waals surface area contributed by atoms with Gasteiger partial charge in [-0.25, -0.2) is 9.37 Å². The van der Waals surface area contributed by atoms with Crippen molar-refractivity contribution in [2.45, 2.75) is 18.9 Å². The predicted octanol–water partition coefficient (Wildman–Crippen LogP) is 3.27. The molecule has 3 amide bonds. The fraction of sp³-hybridized carbons (Fsp3) is 0.400. The van der Waals surface area contributed by atoms with E-state index < -0.39 is 23.6 Å². The third-order valence-corrected chi connectivity index (χ3v) is 7.74. The fourth-order valence-corrected chi connectivity index (χ4v) is 5.14. The van der Waals surface area contributed by atoms with E-state index in [9.17, 15) is 28.3 Å². The van der Waals surface area contributed by atoms with Crippen LogP contribution >= 0.6 is 11.6 Å². The molecule has 1 aliphatic rings. The Kier molecular flexibility index (Phi) is 10.6. The molecular weight excluding hydrogens is 598 g/mol. The standard InChI is InChI=1S/C30H35ClF2N6O5/c1-36(2)10-9-19(40)16-25(41)38-11-13-39(14-12-38)30(43)20-6-5-18(15-22(20)31)35-29(42)28-34-17-23(37(28)3)21-7-8-24(44-4)27(33)26(21)32/h5-8,15,17,19,40H,9-14,16H2,1-4H3,(H,35,42)/t19-/m1/s1. The Hall–Kier alpha value is -4.07. The number of methoxy groups -OCH3 is 1. The van der Waals surface area contributed by atoms with E-state index in [-0.39, 0.29) is 51.7 Å². The second-order valence-electron chi connectivity index (χ2n) is 10.7. The molecule has 0 bridgehead atoms. The smallest absolute Gasteiger partial charge is 0.291 e. The van der Waals surface area contributed by atoms with E-state index in [0.717, 1.165) is 0 Å². The summed E-state index contributed by atoms with van der Waals surface area (Å²) in [5.74, 6) is -3.68. The Balaban J connectivity index is 1.36. The first-order valence-electron chi connectivity index (χ1n) is 14.0. The molecule has 1 atom stereocenters. The van der Waals surface area contributed by atoms with Crippen LogP contribution in [0.5, 0.6) is 5.75 Å². The molecule has 2 N–H and O–H groups in total. The third-order valence-electron chi connectivity index (χ3n) is 7.43. The summed E-state index contributed by atoms with van der Waals surface area (Å²) < 4.78 is 35.0. The van der Waals surface area contributed by atoms with Gasteiger partial charge >= 0.3 is 0 Å². The number of aromatic nitrogens is 2. The summed E-state index contributed by atoms with van der Waals surface area (Å²) in [6.07, 6.45) is 1.08. The van der Waals surface area contributed by atoms with Crippen molar-refractivity contribution in [1.82, 2.24) is 24.3 Å². The number of benzene rings is 2. The number of aliphatic hydroxyl groups is 1. The maximum atomic E-state index is 14.6. The number of piperazine rings is 1. The summed E-state index contributed by atoms with van der Waals surface area (Å²) in [6, 6.07) is 7.07. The molecule has 2 heterocycles. The van der Waals surface area contributed by atoms with Crippen LogP contribution < -0.4 is 10.1 Å². The normalized spacial score (nSPS) is 14.1. The average molecular weight is 633 g/mol. The van der Waals surface area contributed by atoms with Gasteiger partial charge in [-0.1, -0.05) is 11.6 Å². The Morgan fingerprint density at radius 3 is 2.41 bits per heavy atom. The van der Waals surface area contributed by atoms with Gasteiger partial charge in [0.25, 0.3) is 11.8 Å². The number of hydrogen-bond donors (Lipinski definition) is 2. The second kappa shape index (κ2) is 14.1. The van der Waals surface area contributed by atoms with E-state index in [1.807, 2.05) is 19.0 Å². The number of imidazole rings is 1. The SMILES string of the molecule is COc1ccc(-c2cnc(C(=O)Nc3ccc(C(=O)N4CCN(C(=O)C[C@H](O)CCN(C)C)CC4)c(Cl)c3)n2C)c(F)c1F. The van der Waals surface area contributed by atoms with E-state index in [4.69, 9.17) is 16.3 Å². The number of rotatable bonds is 10. The summed E-state index contributed by atoms with van der Waals surface area (Å²) >= 11 is 6.43. The minimum absolute atomic E-state index is 0.0390. The van der Waals surface area contributed by atoms with Crippen molar-refractivity contribution in [3.05, 3.63) is 64.6 Å². The highest BCUT2D eigenvalue weighted by Gasteiger charge is 2.27. The van der Waals surface area contributed by atoms with Crippen LogP contribution in [0.3, 0.4) is 0 Å². The molecule has 1 saturated heterocycles. The predicted molar refractivity (Wildman–Crippen MR) is 161 cm³/mol. The molecule has 0 saturated carbocycles. The molecule has 0 spiro atoms. The van der Waals surface area contributed by atoms with Crippen LogP contribution in [-0.2, 0) is 11.8 Å². The molecule has 236 valence electrons. The first kappa shape index (κ1) is 32.8. The second-order valence-corrected chi connectivity index (χ2v) is 11.1. The lowest BCUT2D eigenvalue weighted by Crippen LogP contribution is -2.51. The summed E-state index contributed by atoms with van der Waals surface area (Å²) in [5, 5.41) is 12.9. The van der Waals surface area contributed by atoms with Crippen molar-refractivity contribution >= 4 is 35.0 Å². The molecule has 3 aromatic rings. The van der Waals surface area contributed by atoms with Crippen LogP contribution in [0.25, 0.3) is 11.3 Å². The van der Waals surface area contributed by atoms with Crippen molar-refractivity contribution < 1.29 is 33.0 Å². The molecular formula is C30H35ClF2N6O5. The molecule has 14 heteroatoms. The number of anilines is 1. The number of carbonyl (C=O) groups excluding carboxylic acids is 3. The molecule has 1 aromatic heterocycles. The van der Waals surface area contributed by atoms with Gasteiger partial charge in [-0.3, -0.25) is 14.4 Å². The van der Waals surface area contributed by atoms with Crippen molar-refractivity contribution in [3.63, 3.8) is 0 Å². The van der Waals surface area contributed by atoms with E-state index in [2.05, 4.69) is 10.3 Å². The highest BCUT2D eigenvalue weighted by molar-refractivity contribution is 6.34. The maximum Gasteiger partial charge on any atom is 0.291 e. The van der Waals surface area contributed by atoms with Crippen LogP contribution in [0, 0.1) is 11.6 Å². The number of amides is 3. The number of nitrogens with one attached hydrogen (secondary N) is 1. The average Bonchev–Trinajstić information content (AvgIpc) is 3.38. The molecule has 4 rings (SSSR count). The molecule has 44 heavy (non-hydrogen) atoms. The monoisotopic (exact) mass is 632 g/mol. The zero-order valence-electron chi connectivity index (χ0n) is 24.9. The van der Waals surface area contributed by atoms with Gasteiger partial charge in [0.15, 0.2) is 17.4 Å². The minimum atomic E-state index is -1.15. The van der Waals surface area contributed by atoms with Gasteiger partial charge in [0, 0.05) is 44.5 Å². The number of nitrogens with zero attached hydrogens (tertiary/aromatic N) is 5. The molecule has 1 fully saturated rings. The number of hydrogen-bond acceptors (Lipinski definition) is 7. The molecule has 1 aliphatic heterocycles. The Labute approximate surface area is 259 Å². The Morgan fingerprint density at radius 1 is 1.09 bits per heavy atom. The number of carbonyl (C=O) groups is 3. The lowest BCUT2D eigenvalue weighted by molar-refractivity contribution is -0.134. The molecule has 0 unspecified atom stereocenters. The lowest BCUT2D eigenvalue weighted by Gasteiger charge is -2.35. The van der Waals surface area contributed by atoms with Gasteiger partial charge in [0.2, 0.25) is 11.7 Å². The van der Waals surface area contributed by atoms with Gasteiger partial charge in [-0.05, 0) is 57.4 Å². The highest BCUT2D eigenvalue weighted by atomic mass is 35.5. The van der Waals surface area contributed by atoms with E-state index in [1.165, 1.54) is 55.3 Å². The van der Waals surface area contributed by atoms with E-state index in [0.29, 0.717) is 44.8 Å². The highest BCUT2D eigenvalue weighted by Crippen LogP contribution is 2.30. The Morgan fingerprint density at radius 2 is 1.77 bits per heavy atom. The maximum absolute atomic E-state index is 14.6.